The van der Waals surface area contributed by atoms with Gasteiger partial charge in [-0.05, 0) is 48.9 Å². The van der Waals surface area contributed by atoms with Crippen molar-refractivity contribution in [2.24, 2.45) is 0 Å². The quantitative estimate of drug-likeness (QED) is 0.590. The van der Waals surface area contributed by atoms with Crippen LogP contribution in [-0.4, -0.2) is 31.6 Å². The van der Waals surface area contributed by atoms with Gasteiger partial charge in [0.2, 0.25) is 0 Å². The van der Waals surface area contributed by atoms with Crippen molar-refractivity contribution in [1.29, 1.82) is 0 Å². The molecular weight excluding hydrogens is 363 g/mol. The van der Waals surface area contributed by atoms with E-state index in [1.54, 1.807) is 6.07 Å². The largest absolute Gasteiger partial charge is 0.490 e. The number of hydrogen-bond donors (Lipinski definition) is 1. The van der Waals surface area contributed by atoms with Crippen molar-refractivity contribution in [1.82, 2.24) is 5.32 Å². The highest BCUT2D eigenvalue weighted by Crippen LogP contribution is 2.29. The first-order valence-electron chi connectivity index (χ1n) is 8.06. The molecule has 27 heavy (non-hydrogen) atoms. The number of halogens is 3. The second-order valence-corrected chi connectivity index (χ2v) is 5.64. The van der Waals surface area contributed by atoms with Gasteiger partial charge in [0.05, 0.1) is 5.56 Å². The average molecular weight is 381 g/mol. The van der Waals surface area contributed by atoms with E-state index in [4.69, 9.17) is 9.47 Å². The molecule has 0 aliphatic heterocycles. The van der Waals surface area contributed by atoms with Gasteiger partial charge in [0.1, 0.15) is 25.5 Å². The monoisotopic (exact) mass is 381 g/mol. The summed E-state index contributed by atoms with van der Waals surface area (Å²) in [4.78, 5) is 23.4. The molecule has 8 heteroatoms. The van der Waals surface area contributed by atoms with Gasteiger partial charge in [-0.25, -0.2) is 0 Å². The Morgan fingerprint density at radius 2 is 1.74 bits per heavy atom. The van der Waals surface area contributed by atoms with E-state index in [9.17, 15) is 22.8 Å². The first-order valence-corrected chi connectivity index (χ1v) is 8.06. The van der Waals surface area contributed by atoms with Crippen molar-refractivity contribution in [3.8, 4) is 5.75 Å². The van der Waals surface area contributed by atoms with E-state index < -0.39 is 30.2 Å². The van der Waals surface area contributed by atoms with Crippen LogP contribution in [0, 0.1) is 6.92 Å². The smallest absolute Gasteiger partial charge is 0.416 e. The lowest BCUT2D eigenvalue weighted by Crippen LogP contribution is -2.31. The van der Waals surface area contributed by atoms with Crippen molar-refractivity contribution in [3.63, 3.8) is 0 Å². The van der Waals surface area contributed by atoms with Gasteiger partial charge in [-0.15, -0.1) is 0 Å². The topological polar surface area (TPSA) is 64.6 Å². The van der Waals surface area contributed by atoms with Gasteiger partial charge < -0.3 is 14.8 Å². The van der Waals surface area contributed by atoms with Crippen molar-refractivity contribution in [2.75, 3.05) is 19.8 Å². The summed E-state index contributed by atoms with van der Waals surface area (Å²) in [6.45, 7) is 1.68. The van der Waals surface area contributed by atoms with Crippen LogP contribution in [0.25, 0.3) is 0 Å². The molecule has 0 aliphatic rings. The minimum Gasteiger partial charge on any atom is -0.490 e. The number of carbonyl (C=O) groups excluding carboxylic acids is 2. The number of carbonyl (C=O) groups is 2. The molecule has 0 aliphatic carbocycles. The fourth-order valence-corrected chi connectivity index (χ4v) is 2.14. The highest BCUT2D eigenvalue weighted by molar-refractivity contribution is 5.95. The molecule has 0 unspecified atom stereocenters. The van der Waals surface area contributed by atoms with Gasteiger partial charge in [-0.3, -0.25) is 9.59 Å². The van der Waals surface area contributed by atoms with Crippen LogP contribution < -0.4 is 10.1 Å². The van der Waals surface area contributed by atoms with E-state index in [1.807, 2.05) is 25.1 Å². The van der Waals surface area contributed by atoms with Crippen LogP contribution in [0.2, 0.25) is 0 Å². The molecule has 0 radical (unpaired) electrons. The third-order valence-electron chi connectivity index (χ3n) is 3.47. The second-order valence-electron chi connectivity index (χ2n) is 5.64. The summed E-state index contributed by atoms with van der Waals surface area (Å²) in [5.74, 6) is -0.693. The fraction of sp³-hybridized carbons (Fsp3) is 0.263. The highest BCUT2D eigenvalue weighted by atomic mass is 19.4. The first kappa shape index (κ1) is 20.3. The molecule has 0 bridgehead atoms. The van der Waals surface area contributed by atoms with E-state index in [1.165, 1.54) is 0 Å². The highest BCUT2D eigenvalue weighted by Gasteiger charge is 2.30. The zero-order valence-electron chi connectivity index (χ0n) is 14.5. The maximum atomic E-state index is 12.5. The number of hydrogen-bond acceptors (Lipinski definition) is 4. The molecule has 0 fully saturated rings. The lowest BCUT2D eigenvalue weighted by atomic mass is 10.1. The Morgan fingerprint density at radius 1 is 1.04 bits per heavy atom. The van der Waals surface area contributed by atoms with Gasteiger partial charge in [0.15, 0.2) is 0 Å². The standard InChI is InChI=1S/C19H18F3NO4/c1-13-3-2-4-16(11-13)26-9-10-27-17(24)12-23-18(25)14-5-7-15(8-6-14)19(20,21)22/h2-8,11H,9-10,12H2,1H3,(H,23,25). The van der Waals surface area contributed by atoms with E-state index in [0.29, 0.717) is 5.75 Å². The summed E-state index contributed by atoms with van der Waals surface area (Å²) in [7, 11) is 0. The third-order valence-corrected chi connectivity index (χ3v) is 3.47. The van der Waals surface area contributed by atoms with Crippen molar-refractivity contribution in [3.05, 3.63) is 65.2 Å². The molecule has 1 amide bonds. The molecule has 0 atom stereocenters. The molecule has 0 saturated carbocycles. The molecular formula is C19H18F3NO4. The van der Waals surface area contributed by atoms with Crippen LogP contribution in [0.1, 0.15) is 21.5 Å². The summed E-state index contributed by atoms with van der Waals surface area (Å²) < 4.78 is 47.8. The van der Waals surface area contributed by atoms with Gasteiger partial charge in [-0.2, -0.15) is 13.2 Å². The minimum atomic E-state index is -4.47. The number of amides is 1. The van der Waals surface area contributed by atoms with Crippen molar-refractivity contribution in [2.45, 2.75) is 13.1 Å². The Bertz CT molecular complexity index is 788. The summed E-state index contributed by atoms with van der Waals surface area (Å²) in [6.07, 6.45) is -4.47. The maximum Gasteiger partial charge on any atom is 0.416 e. The molecule has 144 valence electrons. The van der Waals surface area contributed by atoms with E-state index in [-0.39, 0.29) is 18.8 Å². The van der Waals surface area contributed by atoms with E-state index in [2.05, 4.69) is 5.32 Å². The van der Waals surface area contributed by atoms with Gasteiger partial charge in [0.25, 0.3) is 5.91 Å². The predicted octanol–water partition coefficient (Wildman–Crippen LogP) is 3.37. The number of esters is 1. The van der Waals surface area contributed by atoms with Crippen molar-refractivity contribution >= 4 is 11.9 Å². The molecule has 2 aromatic carbocycles. The van der Waals surface area contributed by atoms with Crippen molar-refractivity contribution < 1.29 is 32.2 Å². The Hall–Kier alpha value is -3.03. The third kappa shape index (κ3) is 6.65. The molecule has 0 saturated heterocycles. The average Bonchev–Trinajstić information content (AvgIpc) is 2.63. The number of benzene rings is 2. The van der Waals surface area contributed by atoms with Crippen LogP contribution in [0.3, 0.4) is 0 Å². The number of alkyl halides is 3. The fourth-order valence-electron chi connectivity index (χ4n) is 2.14. The molecule has 5 nitrogen and oxygen atoms in total. The predicted molar refractivity (Wildman–Crippen MR) is 91.4 cm³/mol. The summed E-state index contributed by atoms with van der Waals surface area (Å²) in [5, 5.41) is 2.29. The molecule has 2 rings (SSSR count). The Labute approximate surface area is 154 Å². The van der Waals surface area contributed by atoms with Gasteiger partial charge in [0, 0.05) is 5.56 Å². The summed E-state index contributed by atoms with van der Waals surface area (Å²) in [5.41, 5.74) is 0.195. The van der Waals surface area contributed by atoms with Crippen LogP contribution in [0.5, 0.6) is 5.75 Å². The lowest BCUT2D eigenvalue weighted by molar-refractivity contribution is -0.143. The molecule has 1 N–H and O–H groups in total. The molecule has 2 aromatic rings. The summed E-state index contributed by atoms with van der Waals surface area (Å²) in [6, 6.07) is 11.1. The Morgan fingerprint density at radius 3 is 2.37 bits per heavy atom. The minimum absolute atomic E-state index is 0.00290. The number of ether oxygens (including phenoxy) is 2. The number of aryl methyl sites for hydroxylation is 1. The normalized spacial score (nSPS) is 11.0. The maximum absolute atomic E-state index is 12.5. The van der Waals surface area contributed by atoms with E-state index >= 15 is 0 Å². The van der Waals surface area contributed by atoms with E-state index in [0.717, 1.165) is 29.8 Å². The lowest BCUT2D eigenvalue weighted by Gasteiger charge is -2.09. The first-order chi connectivity index (χ1) is 12.8. The molecule has 0 spiro atoms. The zero-order chi connectivity index (χ0) is 19.9. The molecule has 0 aromatic heterocycles. The second kappa shape index (κ2) is 9.07. The van der Waals surface area contributed by atoms with Crippen LogP contribution in [0.15, 0.2) is 48.5 Å². The zero-order valence-corrected chi connectivity index (χ0v) is 14.5. The number of rotatable bonds is 7. The SMILES string of the molecule is Cc1cccc(OCCOC(=O)CNC(=O)c2ccc(C(F)(F)F)cc2)c1. The van der Waals surface area contributed by atoms with Gasteiger partial charge >= 0.3 is 12.1 Å². The van der Waals surface area contributed by atoms with Crippen LogP contribution in [0.4, 0.5) is 13.2 Å². The van der Waals surface area contributed by atoms with Crippen LogP contribution in [-0.2, 0) is 15.7 Å². The Kier molecular flexibility index (Phi) is 6.81. The Balaban J connectivity index is 1.69. The molecule has 0 heterocycles. The van der Waals surface area contributed by atoms with Gasteiger partial charge in [-0.1, -0.05) is 12.1 Å². The number of nitrogens with one attached hydrogen (secondary N) is 1. The summed E-state index contributed by atoms with van der Waals surface area (Å²) >= 11 is 0. The van der Waals surface area contributed by atoms with Crippen LogP contribution >= 0.6 is 0 Å².